The number of nitrogens with zero attached hydrogens (tertiary/aromatic N) is 1. The van der Waals surface area contributed by atoms with Gasteiger partial charge in [0.05, 0.1) is 6.10 Å². The fourth-order valence-corrected chi connectivity index (χ4v) is 3.58. The fraction of sp³-hybridized carbons (Fsp3) is 0.250. The number of likely N-dealkylation sites (tertiary alicyclic amines) is 1. The highest BCUT2D eigenvalue weighted by molar-refractivity contribution is 5.92. The number of aromatic nitrogens is 1. The molecule has 0 unspecified atom stereocenters. The molecule has 4 heteroatoms. The molecule has 0 saturated carbocycles. The number of carbonyl (C=O) groups is 1. The Morgan fingerprint density at radius 2 is 1.92 bits per heavy atom. The van der Waals surface area contributed by atoms with Crippen molar-refractivity contribution >= 4 is 16.7 Å². The zero-order valence-corrected chi connectivity index (χ0v) is 13.4. The maximum Gasteiger partial charge on any atom is 0.270 e. The van der Waals surface area contributed by atoms with Crippen molar-refractivity contribution in [2.45, 2.75) is 18.4 Å². The normalized spacial score (nSPS) is 21.1. The quantitative estimate of drug-likeness (QED) is 0.762. The number of hydrogen-bond acceptors (Lipinski definition) is 2. The number of carbonyl (C=O) groups excluding carboxylic acids is 1. The number of rotatable bonds is 2. The van der Waals surface area contributed by atoms with E-state index in [1.165, 1.54) is 10.8 Å². The summed E-state index contributed by atoms with van der Waals surface area (Å²) in [6, 6.07) is 18.2. The molecular weight excluding hydrogens is 300 g/mol. The second-order valence-corrected chi connectivity index (χ2v) is 6.40. The molecule has 2 heterocycles. The van der Waals surface area contributed by atoms with E-state index in [1.54, 1.807) is 17.2 Å². The minimum Gasteiger partial charge on any atom is -0.391 e. The fourth-order valence-electron chi connectivity index (χ4n) is 3.58. The molecule has 0 radical (unpaired) electrons. The molecule has 2 atom stereocenters. The smallest absolute Gasteiger partial charge is 0.270 e. The summed E-state index contributed by atoms with van der Waals surface area (Å²) in [6.07, 6.45) is 1.97. The summed E-state index contributed by atoms with van der Waals surface area (Å²) in [5.74, 6) is 0.0262. The van der Waals surface area contributed by atoms with Crippen LogP contribution in [0.2, 0.25) is 0 Å². The zero-order valence-electron chi connectivity index (χ0n) is 13.4. The molecule has 1 saturated heterocycles. The number of aliphatic hydroxyl groups excluding tert-OH is 1. The van der Waals surface area contributed by atoms with Crippen molar-refractivity contribution in [1.82, 2.24) is 9.88 Å². The summed E-state index contributed by atoms with van der Waals surface area (Å²) in [5, 5.41) is 13.0. The number of aromatic amines is 1. The molecule has 1 fully saturated rings. The van der Waals surface area contributed by atoms with Gasteiger partial charge in [-0.3, -0.25) is 4.79 Å². The Labute approximate surface area is 140 Å². The maximum atomic E-state index is 12.4. The molecule has 0 spiro atoms. The van der Waals surface area contributed by atoms with Gasteiger partial charge < -0.3 is 15.0 Å². The van der Waals surface area contributed by atoms with E-state index in [2.05, 4.69) is 35.3 Å². The van der Waals surface area contributed by atoms with Crippen molar-refractivity contribution in [2.24, 2.45) is 0 Å². The lowest BCUT2D eigenvalue weighted by Crippen LogP contribution is -2.45. The monoisotopic (exact) mass is 320 g/mol. The van der Waals surface area contributed by atoms with E-state index in [0.717, 1.165) is 12.0 Å². The Balaban J connectivity index is 1.53. The van der Waals surface area contributed by atoms with Crippen LogP contribution in [0.4, 0.5) is 0 Å². The van der Waals surface area contributed by atoms with E-state index in [0.29, 0.717) is 18.8 Å². The number of nitrogens with one attached hydrogen (secondary N) is 1. The number of amides is 1. The molecule has 1 aromatic heterocycles. The van der Waals surface area contributed by atoms with E-state index < -0.39 is 6.10 Å². The molecule has 4 nitrogen and oxygen atoms in total. The number of fused-ring (bicyclic) bond motifs is 1. The van der Waals surface area contributed by atoms with Crippen LogP contribution in [-0.4, -0.2) is 40.1 Å². The van der Waals surface area contributed by atoms with E-state index >= 15 is 0 Å². The van der Waals surface area contributed by atoms with Crippen LogP contribution in [0.25, 0.3) is 10.8 Å². The van der Waals surface area contributed by atoms with Crippen molar-refractivity contribution in [3.8, 4) is 0 Å². The van der Waals surface area contributed by atoms with E-state index in [4.69, 9.17) is 0 Å². The molecule has 1 amide bonds. The van der Waals surface area contributed by atoms with Crippen LogP contribution in [-0.2, 0) is 0 Å². The highest BCUT2D eigenvalue weighted by Crippen LogP contribution is 2.31. The van der Waals surface area contributed by atoms with Crippen LogP contribution in [0.3, 0.4) is 0 Å². The molecule has 4 rings (SSSR count). The van der Waals surface area contributed by atoms with Gasteiger partial charge in [0.1, 0.15) is 5.69 Å². The van der Waals surface area contributed by atoms with Gasteiger partial charge in [0.15, 0.2) is 0 Å². The standard InChI is InChI=1S/C20H20N2O2/c23-19-13-22(20(24)18-6-3-10-21-18)11-9-17(19)16-8-7-14-4-1-2-5-15(14)12-16/h1-8,10,12,17,19,21,23H,9,11,13H2/t17-,19+/m0/s1. The zero-order chi connectivity index (χ0) is 16.5. The molecule has 2 N–H and O–H groups in total. The van der Waals surface area contributed by atoms with Crippen LogP contribution < -0.4 is 0 Å². The first kappa shape index (κ1) is 15.0. The molecular formula is C20H20N2O2. The third kappa shape index (κ3) is 2.69. The summed E-state index contributed by atoms with van der Waals surface area (Å²) in [6.45, 7) is 1.03. The Morgan fingerprint density at radius 3 is 2.67 bits per heavy atom. The van der Waals surface area contributed by atoms with Gasteiger partial charge in [-0.05, 0) is 34.9 Å². The Kier molecular flexibility index (Phi) is 3.82. The van der Waals surface area contributed by atoms with Crippen molar-refractivity contribution in [2.75, 3.05) is 13.1 Å². The molecule has 2 aromatic carbocycles. The van der Waals surface area contributed by atoms with Crippen molar-refractivity contribution in [1.29, 1.82) is 0 Å². The summed E-state index contributed by atoms with van der Waals surface area (Å²) in [7, 11) is 0. The minimum absolute atomic E-state index is 0.0454. The number of β-amino-alcohol motifs (C(OH)–C–C–N with tert-alkyl or cyclic N) is 1. The average molecular weight is 320 g/mol. The van der Waals surface area contributed by atoms with Gasteiger partial charge in [-0.2, -0.15) is 0 Å². The second kappa shape index (κ2) is 6.13. The second-order valence-electron chi connectivity index (χ2n) is 6.40. The molecule has 1 aliphatic heterocycles. The highest BCUT2D eigenvalue weighted by Gasteiger charge is 2.31. The Bertz CT molecular complexity index is 857. The Hall–Kier alpha value is -2.59. The van der Waals surface area contributed by atoms with Gasteiger partial charge >= 0.3 is 0 Å². The number of aliphatic hydroxyl groups is 1. The molecule has 0 aliphatic carbocycles. The van der Waals surface area contributed by atoms with Gasteiger partial charge in [0.2, 0.25) is 0 Å². The predicted molar refractivity (Wildman–Crippen MR) is 94.0 cm³/mol. The largest absolute Gasteiger partial charge is 0.391 e. The number of H-pyrrole nitrogens is 1. The van der Waals surface area contributed by atoms with Gasteiger partial charge in [-0.15, -0.1) is 0 Å². The van der Waals surface area contributed by atoms with Crippen LogP contribution in [0.15, 0.2) is 60.8 Å². The van der Waals surface area contributed by atoms with E-state index in [9.17, 15) is 9.90 Å². The molecule has 3 aromatic rings. The lowest BCUT2D eigenvalue weighted by molar-refractivity contribution is 0.0378. The highest BCUT2D eigenvalue weighted by atomic mass is 16.3. The summed E-state index contributed by atoms with van der Waals surface area (Å²) in [5.41, 5.74) is 1.72. The summed E-state index contributed by atoms with van der Waals surface area (Å²) < 4.78 is 0. The van der Waals surface area contributed by atoms with Gasteiger partial charge in [-0.25, -0.2) is 0 Å². The molecule has 122 valence electrons. The Morgan fingerprint density at radius 1 is 1.08 bits per heavy atom. The van der Waals surface area contributed by atoms with Gasteiger partial charge in [-0.1, -0.05) is 42.5 Å². The van der Waals surface area contributed by atoms with Crippen LogP contribution in [0.5, 0.6) is 0 Å². The SMILES string of the molecule is O=C(c1ccc[nH]1)N1CC[C@@H](c2ccc3ccccc3c2)[C@H](O)C1. The van der Waals surface area contributed by atoms with Crippen molar-refractivity contribution < 1.29 is 9.90 Å². The van der Waals surface area contributed by atoms with Crippen LogP contribution in [0, 0.1) is 0 Å². The van der Waals surface area contributed by atoms with Gasteiger partial charge in [0.25, 0.3) is 5.91 Å². The third-order valence-electron chi connectivity index (χ3n) is 4.90. The third-order valence-corrected chi connectivity index (χ3v) is 4.90. The first-order chi connectivity index (χ1) is 11.7. The first-order valence-corrected chi connectivity index (χ1v) is 8.32. The van der Waals surface area contributed by atoms with Crippen LogP contribution >= 0.6 is 0 Å². The van der Waals surface area contributed by atoms with Gasteiger partial charge in [0, 0.05) is 25.2 Å². The summed E-state index contributed by atoms with van der Waals surface area (Å²) in [4.78, 5) is 17.1. The van der Waals surface area contributed by atoms with E-state index in [1.807, 2.05) is 18.2 Å². The van der Waals surface area contributed by atoms with Crippen molar-refractivity contribution in [3.63, 3.8) is 0 Å². The predicted octanol–water partition coefficient (Wildman–Crippen LogP) is 3.16. The molecule has 24 heavy (non-hydrogen) atoms. The average Bonchev–Trinajstić information content (AvgIpc) is 3.15. The minimum atomic E-state index is -0.543. The lowest BCUT2D eigenvalue weighted by Gasteiger charge is -2.36. The lowest BCUT2D eigenvalue weighted by atomic mass is 9.86. The number of benzene rings is 2. The molecule has 0 bridgehead atoms. The van der Waals surface area contributed by atoms with E-state index in [-0.39, 0.29) is 11.8 Å². The number of hydrogen-bond donors (Lipinski definition) is 2. The topological polar surface area (TPSA) is 56.3 Å². The first-order valence-electron chi connectivity index (χ1n) is 8.32. The summed E-state index contributed by atoms with van der Waals surface area (Å²) >= 11 is 0. The van der Waals surface area contributed by atoms with Crippen molar-refractivity contribution in [3.05, 3.63) is 72.1 Å². The maximum absolute atomic E-state index is 12.4. The molecule has 1 aliphatic rings. The number of piperidine rings is 1. The van der Waals surface area contributed by atoms with Crippen LogP contribution in [0.1, 0.15) is 28.4 Å².